The summed E-state index contributed by atoms with van der Waals surface area (Å²) in [4.78, 5) is 18.3. The van der Waals surface area contributed by atoms with Crippen molar-refractivity contribution >= 4 is 11.9 Å². The van der Waals surface area contributed by atoms with Gasteiger partial charge in [0, 0.05) is 25.6 Å². The third-order valence-electron chi connectivity index (χ3n) is 3.50. The van der Waals surface area contributed by atoms with Crippen LogP contribution in [-0.2, 0) is 14.2 Å². The molecule has 0 aliphatic carbocycles. The van der Waals surface area contributed by atoms with Crippen molar-refractivity contribution in [2.75, 3.05) is 46.6 Å². The molecule has 0 aromatic heterocycles. The highest BCUT2D eigenvalue weighted by Gasteiger charge is 2.31. The zero-order valence-electron chi connectivity index (χ0n) is 13.7. The topological polar surface area (TPSA) is 60.4 Å². The molecule has 6 heteroatoms. The van der Waals surface area contributed by atoms with Crippen LogP contribution >= 0.6 is 0 Å². The number of amides is 1. The van der Waals surface area contributed by atoms with E-state index in [0.29, 0.717) is 19.8 Å². The van der Waals surface area contributed by atoms with Gasteiger partial charge in [-0.3, -0.25) is 0 Å². The van der Waals surface area contributed by atoms with Crippen LogP contribution in [0.25, 0.3) is 0 Å². The van der Waals surface area contributed by atoms with Gasteiger partial charge in [-0.15, -0.1) is 0 Å². The van der Waals surface area contributed by atoms with Crippen LogP contribution in [-0.4, -0.2) is 63.5 Å². The van der Waals surface area contributed by atoms with Crippen molar-refractivity contribution in [2.45, 2.75) is 33.6 Å². The molecule has 21 heavy (non-hydrogen) atoms. The average molecular weight is 300 g/mol. The van der Waals surface area contributed by atoms with E-state index in [9.17, 15) is 4.79 Å². The Morgan fingerprint density at radius 1 is 1.29 bits per heavy atom. The molecule has 0 bridgehead atoms. The van der Waals surface area contributed by atoms with Crippen LogP contribution in [0.1, 0.15) is 33.6 Å². The van der Waals surface area contributed by atoms with Gasteiger partial charge in [0.25, 0.3) is 0 Å². The minimum atomic E-state index is -0.544. The first kappa shape index (κ1) is 17.9. The first-order chi connectivity index (χ1) is 10.0. The van der Waals surface area contributed by atoms with Crippen molar-refractivity contribution in [1.82, 2.24) is 4.90 Å². The van der Waals surface area contributed by atoms with Gasteiger partial charge in [-0.25, -0.2) is 4.79 Å². The Kier molecular flexibility index (Phi) is 7.67. The van der Waals surface area contributed by atoms with Crippen molar-refractivity contribution < 1.29 is 19.0 Å². The smallest absolute Gasteiger partial charge is 0.435 e. The summed E-state index contributed by atoms with van der Waals surface area (Å²) < 4.78 is 15.3. The van der Waals surface area contributed by atoms with Gasteiger partial charge in [0.15, 0.2) is 0 Å². The molecule has 0 saturated carbocycles. The highest BCUT2D eigenvalue weighted by Crippen LogP contribution is 2.27. The molecule has 1 fully saturated rings. The molecule has 0 aromatic rings. The van der Waals surface area contributed by atoms with Gasteiger partial charge in [-0.05, 0) is 6.42 Å². The minimum absolute atomic E-state index is 0.160. The number of hydrogen-bond donors (Lipinski definition) is 0. The van der Waals surface area contributed by atoms with Crippen molar-refractivity contribution in [3.8, 4) is 0 Å². The Labute approximate surface area is 127 Å². The third-order valence-corrected chi connectivity index (χ3v) is 3.50. The first-order valence-electron chi connectivity index (χ1n) is 7.59. The number of hydrogen-bond acceptors (Lipinski definition) is 4. The number of methoxy groups -OCH3 is 1. The second-order valence-corrected chi connectivity index (χ2v) is 5.78. The van der Waals surface area contributed by atoms with Gasteiger partial charge in [-0.1, -0.05) is 27.2 Å². The molecule has 1 rings (SSSR count). The van der Waals surface area contributed by atoms with Gasteiger partial charge in [-0.2, -0.15) is 4.99 Å². The highest BCUT2D eigenvalue weighted by molar-refractivity contribution is 5.95. The minimum Gasteiger partial charge on any atom is -0.445 e. The molecule has 1 aliphatic rings. The lowest BCUT2D eigenvalue weighted by Gasteiger charge is -2.37. The first-order valence-corrected chi connectivity index (χ1v) is 7.59. The van der Waals surface area contributed by atoms with Crippen molar-refractivity contribution in [1.29, 1.82) is 0 Å². The molecule has 0 atom stereocenters. The molecule has 0 unspecified atom stereocenters. The lowest BCUT2D eigenvalue weighted by Crippen LogP contribution is -2.47. The monoisotopic (exact) mass is 300 g/mol. The summed E-state index contributed by atoms with van der Waals surface area (Å²) in [5.41, 5.74) is -0.160. The normalized spacial score (nSPS) is 17.0. The van der Waals surface area contributed by atoms with E-state index in [1.54, 1.807) is 7.11 Å². The number of amidine groups is 1. The average Bonchev–Trinajstić information content (AvgIpc) is 2.46. The number of nitrogens with zero attached hydrogens (tertiary/aromatic N) is 2. The van der Waals surface area contributed by atoms with Crippen molar-refractivity contribution in [2.24, 2.45) is 10.4 Å². The fraction of sp³-hybridized carbons (Fsp3) is 0.867. The van der Waals surface area contributed by atoms with Crippen LogP contribution < -0.4 is 0 Å². The number of morpholine rings is 1. The molecule has 122 valence electrons. The Hall–Kier alpha value is -1.14. The zero-order valence-corrected chi connectivity index (χ0v) is 13.7. The predicted octanol–water partition coefficient (Wildman–Crippen LogP) is 2.33. The van der Waals surface area contributed by atoms with E-state index in [0.717, 1.165) is 31.8 Å². The standard InChI is InChI=1S/C15H28N2O4/c1-5-6-15(2,3)13(17-7-9-20-10-8-17)16-14(18)21-12-11-19-4/h5-12H2,1-4H3/b16-13-. The van der Waals surface area contributed by atoms with Crippen LogP contribution in [0, 0.1) is 5.41 Å². The van der Waals surface area contributed by atoms with E-state index in [1.165, 1.54) is 0 Å². The van der Waals surface area contributed by atoms with E-state index >= 15 is 0 Å². The summed E-state index contributed by atoms with van der Waals surface area (Å²) in [5, 5.41) is 0. The Morgan fingerprint density at radius 3 is 2.52 bits per heavy atom. The summed E-state index contributed by atoms with van der Waals surface area (Å²) in [5.74, 6) is 0.801. The van der Waals surface area contributed by atoms with Gasteiger partial charge in [0.05, 0.1) is 19.8 Å². The number of carbonyl (C=O) groups is 1. The van der Waals surface area contributed by atoms with Crippen LogP contribution in [0.4, 0.5) is 4.79 Å². The molecule has 1 aliphatic heterocycles. The molecule has 6 nitrogen and oxygen atoms in total. The summed E-state index contributed by atoms with van der Waals surface area (Å²) in [7, 11) is 1.57. The SMILES string of the molecule is CCCC(C)(C)/C(=N/C(=O)OCCOC)N1CCOCC1. The lowest BCUT2D eigenvalue weighted by atomic mass is 9.85. The number of rotatable bonds is 6. The summed E-state index contributed by atoms with van der Waals surface area (Å²) in [6, 6.07) is 0. The van der Waals surface area contributed by atoms with Crippen molar-refractivity contribution in [3.05, 3.63) is 0 Å². The molecule has 0 radical (unpaired) electrons. The number of carbonyl (C=O) groups excluding carboxylic acids is 1. The maximum absolute atomic E-state index is 11.9. The second kappa shape index (κ2) is 9.00. The zero-order chi connectivity index (χ0) is 15.7. The molecule has 1 amide bonds. The second-order valence-electron chi connectivity index (χ2n) is 5.78. The summed E-state index contributed by atoms with van der Waals surface area (Å²) in [6.45, 7) is 9.83. The predicted molar refractivity (Wildman–Crippen MR) is 81.7 cm³/mol. The largest absolute Gasteiger partial charge is 0.445 e. The molecule has 1 heterocycles. The molecular weight excluding hydrogens is 272 g/mol. The molecular formula is C15H28N2O4. The van der Waals surface area contributed by atoms with Crippen LogP contribution in [0.2, 0.25) is 0 Å². The van der Waals surface area contributed by atoms with Crippen molar-refractivity contribution in [3.63, 3.8) is 0 Å². The Balaban J connectivity index is 2.81. The quantitative estimate of drug-likeness (QED) is 0.428. The summed E-state index contributed by atoms with van der Waals surface area (Å²) >= 11 is 0. The van der Waals surface area contributed by atoms with Crippen LogP contribution in [0.15, 0.2) is 4.99 Å². The van der Waals surface area contributed by atoms with E-state index in [1.807, 2.05) is 0 Å². The van der Waals surface area contributed by atoms with Gasteiger partial charge in [0.1, 0.15) is 12.4 Å². The van der Waals surface area contributed by atoms with E-state index < -0.39 is 6.09 Å². The fourth-order valence-corrected chi connectivity index (χ4v) is 2.49. The Morgan fingerprint density at radius 2 is 1.95 bits per heavy atom. The Bertz CT molecular complexity index is 350. The summed E-state index contributed by atoms with van der Waals surface area (Å²) in [6.07, 6.45) is 1.46. The highest BCUT2D eigenvalue weighted by atomic mass is 16.6. The molecule has 0 spiro atoms. The van der Waals surface area contributed by atoms with Gasteiger partial charge < -0.3 is 19.1 Å². The van der Waals surface area contributed by atoms with E-state index in [4.69, 9.17) is 14.2 Å². The lowest BCUT2D eigenvalue weighted by molar-refractivity contribution is 0.0632. The van der Waals surface area contributed by atoms with E-state index in [-0.39, 0.29) is 12.0 Å². The fourth-order valence-electron chi connectivity index (χ4n) is 2.49. The maximum Gasteiger partial charge on any atom is 0.435 e. The number of ether oxygens (including phenoxy) is 3. The third kappa shape index (κ3) is 6.01. The van der Waals surface area contributed by atoms with Crippen LogP contribution in [0.5, 0.6) is 0 Å². The maximum atomic E-state index is 11.9. The van der Waals surface area contributed by atoms with Crippen LogP contribution in [0.3, 0.4) is 0 Å². The van der Waals surface area contributed by atoms with E-state index in [2.05, 4.69) is 30.7 Å². The molecule has 1 saturated heterocycles. The number of aliphatic imine (C=N–C) groups is 1. The molecule has 0 N–H and O–H groups in total. The van der Waals surface area contributed by atoms with Gasteiger partial charge in [0.2, 0.25) is 0 Å². The molecule has 0 aromatic carbocycles. The van der Waals surface area contributed by atoms with Gasteiger partial charge >= 0.3 is 6.09 Å².